The Kier molecular flexibility index (Phi) is 5.87. The average molecular weight is 262 g/mol. The van der Waals surface area contributed by atoms with Crippen LogP contribution in [-0.4, -0.2) is 19.0 Å². The van der Waals surface area contributed by atoms with Crippen LogP contribution in [0.1, 0.15) is 51.0 Å². The molecule has 1 aliphatic heterocycles. The summed E-state index contributed by atoms with van der Waals surface area (Å²) in [6.07, 6.45) is 8.35. The van der Waals surface area contributed by atoms with Crippen molar-refractivity contribution in [1.82, 2.24) is 0 Å². The highest BCUT2D eigenvalue weighted by Gasteiger charge is 2.35. The molecule has 0 spiro atoms. The van der Waals surface area contributed by atoms with E-state index in [-0.39, 0.29) is 5.79 Å². The van der Waals surface area contributed by atoms with E-state index in [9.17, 15) is 0 Å². The van der Waals surface area contributed by atoms with Gasteiger partial charge in [-0.25, -0.2) is 0 Å². The molecule has 1 aromatic rings. The lowest BCUT2D eigenvalue weighted by atomic mass is 9.98. The number of rotatable bonds is 8. The predicted molar refractivity (Wildman–Crippen MR) is 78.2 cm³/mol. The first-order chi connectivity index (χ1) is 9.35. The maximum Gasteiger partial charge on any atom is 0.172 e. The summed E-state index contributed by atoms with van der Waals surface area (Å²) in [5, 5.41) is 0. The Bertz CT molecular complexity index is 342. The van der Waals surface area contributed by atoms with E-state index < -0.39 is 0 Å². The largest absolute Gasteiger partial charge is 0.347 e. The van der Waals surface area contributed by atoms with Crippen LogP contribution in [0.3, 0.4) is 0 Å². The van der Waals surface area contributed by atoms with E-state index in [1.807, 2.05) is 0 Å². The van der Waals surface area contributed by atoms with Gasteiger partial charge in [0, 0.05) is 12.8 Å². The molecule has 1 saturated heterocycles. The normalized spacial score (nSPS) is 17.7. The van der Waals surface area contributed by atoms with Crippen molar-refractivity contribution >= 4 is 0 Å². The van der Waals surface area contributed by atoms with Crippen molar-refractivity contribution in [2.45, 2.75) is 57.7 Å². The maximum atomic E-state index is 5.93. The molecule has 1 fully saturated rings. The fraction of sp³-hybridized carbons (Fsp3) is 0.647. The molecule has 0 aromatic heterocycles. The molecule has 1 aliphatic rings. The summed E-state index contributed by atoms with van der Waals surface area (Å²) in [4.78, 5) is 0. The molecule has 19 heavy (non-hydrogen) atoms. The topological polar surface area (TPSA) is 18.5 Å². The van der Waals surface area contributed by atoms with Crippen LogP contribution in [0, 0.1) is 0 Å². The number of ether oxygens (including phenoxy) is 2. The third-order valence-electron chi connectivity index (χ3n) is 3.79. The van der Waals surface area contributed by atoms with Crippen molar-refractivity contribution in [3.63, 3.8) is 0 Å². The molecule has 2 heteroatoms. The van der Waals surface area contributed by atoms with Gasteiger partial charge in [-0.05, 0) is 12.0 Å². The van der Waals surface area contributed by atoms with Crippen molar-refractivity contribution in [1.29, 1.82) is 0 Å². The standard InChI is InChI=1S/C17H26O2/c1-2-3-4-5-9-12-17(18-13-14-19-17)15-16-10-7-6-8-11-16/h6-8,10-11H,2-5,9,12-15H2,1H3. The summed E-state index contributed by atoms with van der Waals surface area (Å²) in [6.45, 7) is 3.73. The number of hydrogen-bond donors (Lipinski definition) is 0. The lowest BCUT2D eigenvalue weighted by molar-refractivity contribution is -0.161. The molecule has 106 valence electrons. The molecule has 1 heterocycles. The molecule has 0 amide bonds. The molecule has 0 atom stereocenters. The molecule has 2 nitrogen and oxygen atoms in total. The first-order valence-electron chi connectivity index (χ1n) is 7.66. The van der Waals surface area contributed by atoms with Gasteiger partial charge in [0.05, 0.1) is 13.2 Å². The van der Waals surface area contributed by atoms with E-state index in [1.165, 1.54) is 37.7 Å². The van der Waals surface area contributed by atoms with Crippen LogP contribution in [0.15, 0.2) is 30.3 Å². The van der Waals surface area contributed by atoms with Crippen LogP contribution in [0.5, 0.6) is 0 Å². The van der Waals surface area contributed by atoms with Crippen LogP contribution >= 0.6 is 0 Å². The van der Waals surface area contributed by atoms with E-state index in [0.717, 1.165) is 26.1 Å². The SMILES string of the molecule is CCCCCCCC1(Cc2ccccc2)OCCO1. The van der Waals surface area contributed by atoms with Crippen molar-refractivity contribution < 1.29 is 9.47 Å². The van der Waals surface area contributed by atoms with E-state index >= 15 is 0 Å². The summed E-state index contributed by atoms with van der Waals surface area (Å²) in [7, 11) is 0. The Labute approximate surface area is 117 Å². The van der Waals surface area contributed by atoms with Gasteiger partial charge < -0.3 is 9.47 Å². The minimum Gasteiger partial charge on any atom is -0.347 e. The monoisotopic (exact) mass is 262 g/mol. The summed E-state index contributed by atoms with van der Waals surface area (Å²) in [5.41, 5.74) is 1.30. The Morgan fingerprint density at radius 3 is 2.32 bits per heavy atom. The van der Waals surface area contributed by atoms with Gasteiger partial charge in [-0.15, -0.1) is 0 Å². The Balaban J connectivity index is 1.83. The molecular weight excluding hydrogens is 236 g/mol. The zero-order chi connectivity index (χ0) is 13.4. The Morgan fingerprint density at radius 2 is 1.63 bits per heavy atom. The predicted octanol–water partition coefficient (Wildman–Crippen LogP) is 4.33. The first kappa shape index (κ1) is 14.5. The van der Waals surface area contributed by atoms with Crippen LogP contribution in [-0.2, 0) is 15.9 Å². The van der Waals surface area contributed by atoms with Gasteiger partial charge in [0.2, 0.25) is 0 Å². The number of hydrogen-bond acceptors (Lipinski definition) is 2. The van der Waals surface area contributed by atoms with Crippen molar-refractivity contribution in [3.05, 3.63) is 35.9 Å². The second-order valence-corrected chi connectivity index (χ2v) is 5.43. The van der Waals surface area contributed by atoms with Gasteiger partial charge in [-0.2, -0.15) is 0 Å². The average Bonchev–Trinajstić information content (AvgIpc) is 2.88. The van der Waals surface area contributed by atoms with Crippen molar-refractivity contribution in [2.75, 3.05) is 13.2 Å². The maximum absolute atomic E-state index is 5.93. The minimum absolute atomic E-state index is 0.354. The van der Waals surface area contributed by atoms with Crippen LogP contribution < -0.4 is 0 Å². The molecule has 1 aromatic carbocycles. The lowest BCUT2D eigenvalue weighted by Gasteiger charge is -2.27. The summed E-state index contributed by atoms with van der Waals surface area (Å²) < 4.78 is 11.9. The van der Waals surface area contributed by atoms with Crippen LogP contribution in [0.4, 0.5) is 0 Å². The van der Waals surface area contributed by atoms with E-state index in [1.54, 1.807) is 0 Å². The summed E-state index contributed by atoms with van der Waals surface area (Å²) in [5.74, 6) is -0.354. The van der Waals surface area contributed by atoms with Gasteiger partial charge in [0.25, 0.3) is 0 Å². The second-order valence-electron chi connectivity index (χ2n) is 5.43. The van der Waals surface area contributed by atoms with E-state index in [0.29, 0.717) is 0 Å². The quantitative estimate of drug-likeness (QED) is 0.649. The van der Waals surface area contributed by atoms with E-state index in [2.05, 4.69) is 37.3 Å². The smallest absolute Gasteiger partial charge is 0.172 e. The molecule has 0 radical (unpaired) electrons. The first-order valence-corrected chi connectivity index (χ1v) is 7.66. The molecule has 0 bridgehead atoms. The summed E-state index contributed by atoms with van der Waals surface area (Å²) >= 11 is 0. The summed E-state index contributed by atoms with van der Waals surface area (Å²) in [6, 6.07) is 10.5. The fourth-order valence-corrected chi connectivity index (χ4v) is 2.74. The highest BCUT2D eigenvalue weighted by atomic mass is 16.7. The van der Waals surface area contributed by atoms with Gasteiger partial charge in [0.15, 0.2) is 5.79 Å². The zero-order valence-electron chi connectivity index (χ0n) is 12.1. The van der Waals surface area contributed by atoms with Crippen molar-refractivity contribution in [3.8, 4) is 0 Å². The molecular formula is C17H26O2. The van der Waals surface area contributed by atoms with Gasteiger partial charge in [0.1, 0.15) is 0 Å². The zero-order valence-corrected chi connectivity index (χ0v) is 12.1. The molecule has 0 N–H and O–H groups in total. The highest BCUT2D eigenvalue weighted by molar-refractivity contribution is 5.16. The van der Waals surface area contributed by atoms with Gasteiger partial charge in [-0.3, -0.25) is 0 Å². The lowest BCUT2D eigenvalue weighted by Crippen LogP contribution is -2.32. The van der Waals surface area contributed by atoms with Crippen LogP contribution in [0.2, 0.25) is 0 Å². The second kappa shape index (κ2) is 7.66. The van der Waals surface area contributed by atoms with Gasteiger partial charge >= 0.3 is 0 Å². The number of benzene rings is 1. The van der Waals surface area contributed by atoms with E-state index in [4.69, 9.17) is 9.47 Å². The fourth-order valence-electron chi connectivity index (χ4n) is 2.74. The Hall–Kier alpha value is -0.860. The third-order valence-corrected chi connectivity index (χ3v) is 3.79. The minimum atomic E-state index is -0.354. The third kappa shape index (κ3) is 4.63. The molecule has 2 rings (SSSR count). The molecule has 0 aliphatic carbocycles. The van der Waals surface area contributed by atoms with Gasteiger partial charge in [-0.1, -0.05) is 62.9 Å². The molecule has 0 saturated carbocycles. The van der Waals surface area contributed by atoms with Crippen molar-refractivity contribution in [2.24, 2.45) is 0 Å². The Morgan fingerprint density at radius 1 is 0.947 bits per heavy atom. The number of unbranched alkanes of at least 4 members (excludes halogenated alkanes) is 4. The highest BCUT2D eigenvalue weighted by Crippen LogP contribution is 2.30. The van der Waals surface area contributed by atoms with Crippen LogP contribution in [0.25, 0.3) is 0 Å². The molecule has 0 unspecified atom stereocenters.